The molecule has 3 aromatic heterocycles. The number of aryl methyl sites for hydroxylation is 2. The molecule has 44 heavy (non-hydrogen) atoms. The van der Waals surface area contributed by atoms with Crippen LogP contribution in [0.4, 0.5) is 28.4 Å². The van der Waals surface area contributed by atoms with E-state index in [1.54, 1.807) is 18.5 Å². The number of hydrogen-bond acceptors (Lipinski definition) is 7. The second kappa shape index (κ2) is 11.5. The van der Waals surface area contributed by atoms with Crippen molar-refractivity contribution < 1.29 is 4.79 Å². The summed E-state index contributed by atoms with van der Waals surface area (Å²) in [5, 5.41) is 10.9. The van der Waals surface area contributed by atoms with E-state index in [9.17, 15) is 4.79 Å². The molecule has 1 amide bonds. The molecule has 0 aliphatic carbocycles. The Hall–Kier alpha value is -5.08. The van der Waals surface area contributed by atoms with Crippen molar-refractivity contribution in [1.82, 2.24) is 19.9 Å². The number of carbonyl (C=O) groups is 1. The molecule has 2 aliphatic heterocycles. The van der Waals surface area contributed by atoms with E-state index in [1.165, 1.54) is 24.0 Å². The SMILES string of the molecule is Cc1cc(Nc2ccc(NC(=O)c3ccc(Nc4cc(C)nc5ccc(C6=C[C@@H]7CC[C@H](C6)N7C)cc45)cn3)cc2)ccn1. The Morgan fingerprint density at radius 3 is 2.41 bits per heavy atom. The summed E-state index contributed by atoms with van der Waals surface area (Å²) < 4.78 is 0. The number of nitrogens with zero attached hydrogens (tertiary/aromatic N) is 4. The molecule has 0 spiro atoms. The Morgan fingerprint density at radius 2 is 1.64 bits per heavy atom. The van der Waals surface area contributed by atoms with E-state index in [4.69, 9.17) is 4.98 Å². The smallest absolute Gasteiger partial charge is 0.274 e. The number of rotatable bonds is 7. The van der Waals surface area contributed by atoms with Crippen LogP contribution in [-0.4, -0.2) is 44.9 Å². The third kappa shape index (κ3) is 5.76. The Labute approximate surface area is 257 Å². The lowest BCUT2D eigenvalue weighted by Gasteiger charge is -2.30. The fourth-order valence-corrected chi connectivity index (χ4v) is 6.30. The first-order valence-electron chi connectivity index (χ1n) is 15.1. The molecular formula is C36H35N7O. The number of pyridine rings is 3. The highest BCUT2D eigenvalue weighted by Crippen LogP contribution is 2.39. The van der Waals surface area contributed by atoms with Crippen molar-refractivity contribution in [3.8, 4) is 0 Å². The number of fused-ring (bicyclic) bond motifs is 3. The first-order chi connectivity index (χ1) is 21.4. The molecule has 2 aliphatic rings. The normalized spacial score (nSPS) is 17.8. The fraction of sp³-hybridized carbons (Fsp3) is 0.222. The Kier molecular flexibility index (Phi) is 7.28. The molecule has 2 aromatic carbocycles. The summed E-state index contributed by atoms with van der Waals surface area (Å²) in [4.78, 5) is 28.9. The number of anilines is 5. The largest absolute Gasteiger partial charge is 0.355 e. The highest BCUT2D eigenvalue weighted by atomic mass is 16.1. The van der Waals surface area contributed by atoms with Crippen molar-refractivity contribution in [2.75, 3.05) is 23.0 Å². The summed E-state index contributed by atoms with van der Waals surface area (Å²) in [7, 11) is 2.24. The van der Waals surface area contributed by atoms with Gasteiger partial charge in [-0.25, -0.2) is 4.98 Å². The molecular weight excluding hydrogens is 546 g/mol. The first kappa shape index (κ1) is 27.7. The van der Waals surface area contributed by atoms with Gasteiger partial charge in [0.25, 0.3) is 5.91 Å². The first-order valence-corrected chi connectivity index (χ1v) is 15.1. The molecule has 3 N–H and O–H groups in total. The van der Waals surface area contributed by atoms with Crippen LogP contribution in [0.2, 0.25) is 0 Å². The molecule has 8 nitrogen and oxygen atoms in total. The molecule has 2 bridgehead atoms. The van der Waals surface area contributed by atoms with E-state index in [1.807, 2.05) is 56.3 Å². The monoisotopic (exact) mass is 581 g/mol. The zero-order valence-corrected chi connectivity index (χ0v) is 25.1. The summed E-state index contributed by atoms with van der Waals surface area (Å²) in [5.74, 6) is -0.266. The molecule has 1 saturated heterocycles. The van der Waals surface area contributed by atoms with Gasteiger partial charge in [0.1, 0.15) is 5.69 Å². The van der Waals surface area contributed by atoms with E-state index < -0.39 is 0 Å². The van der Waals surface area contributed by atoms with Crippen molar-refractivity contribution in [1.29, 1.82) is 0 Å². The van der Waals surface area contributed by atoms with Crippen molar-refractivity contribution in [2.45, 2.75) is 45.2 Å². The van der Waals surface area contributed by atoms with E-state index in [0.29, 0.717) is 23.5 Å². The highest BCUT2D eigenvalue weighted by Gasteiger charge is 2.34. The number of aromatic nitrogens is 3. The number of nitrogens with one attached hydrogen (secondary N) is 3. The van der Waals surface area contributed by atoms with Gasteiger partial charge in [-0.05, 0) is 118 Å². The fourth-order valence-electron chi connectivity index (χ4n) is 6.30. The Morgan fingerprint density at radius 1 is 0.818 bits per heavy atom. The van der Waals surface area contributed by atoms with Crippen molar-refractivity contribution >= 4 is 50.8 Å². The molecule has 220 valence electrons. The van der Waals surface area contributed by atoms with Gasteiger partial charge in [0.2, 0.25) is 0 Å². The van der Waals surface area contributed by atoms with Crippen LogP contribution in [0, 0.1) is 13.8 Å². The van der Waals surface area contributed by atoms with Gasteiger partial charge in [0.15, 0.2) is 0 Å². The summed E-state index contributed by atoms with van der Waals surface area (Å²) in [6.45, 7) is 3.96. The minimum atomic E-state index is -0.266. The highest BCUT2D eigenvalue weighted by molar-refractivity contribution is 6.03. The van der Waals surface area contributed by atoms with E-state index in [-0.39, 0.29) is 5.91 Å². The van der Waals surface area contributed by atoms with Crippen molar-refractivity contribution in [3.05, 3.63) is 114 Å². The van der Waals surface area contributed by atoms with Gasteiger partial charge >= 0.3 is 0 Å². The van der Waals surface area contributed by atoms with Crippen LogP contribution in [0.3, 0.4) is 0 Å². The summed E-state index contributed by atoms with van der Waals surface area (Å²) in [6, 6.07) is 24.9. The van der Waals surface area contributed by atoms with Crippen LogP contribution in [-0.2, 0) is 0 Å². The maximum absolute atomic E-state index is 12.9. The summed E-state index contributed by atoms with van der Waals surface area (Å²) in [5.41, 5.74) is 10.2. The van der Waals surface area contributed by atoms with Gasteiger partial charge in [-0.2, -0.15) is 0 Å². The quantitative estimate of drug-likeness (QED) is 0.182. The molecule has 0 saturated carbocycles. The van der Waals surface area contributed by atoms with Crippen molar-refractivity contribution in [2.24, 2.45) is 0 Å². The maximum Gasteiger partial charge on any atom is 0.274 e. The number of carbonyl (C=O) groups excluding carboxylic acids is 1. The Balaban J connectivity index is 1.05. The molecule has 8 heteroatoms. The molecule has 5 heterocycles. The third-order valence-corrected chi connectivity index (χ3v) is 8.65. The average molecular weight is 582 g/mol. The van der Waals surface area contributed by atoms with E-state index >= 15 is 0 Å². The van der Waals surface area contributed by atoms with Gasteiger partial charge < -0.3 is 16.0 Å². The van der Waals surface area contributed by atoms with Gasteiger partial charge in [0.05, 0.1) is 17.4 Å². The second-order valence-electron chi connectivity index (χ2n) is 11.8. The lowest BCUT2D eigenvalue weighted by Crippen LogP contribution is -2.34. The van der Waals surface area contributed by atoms with Crippen LogP contribution in [0.25, 0.3) is 16.5 Å². The minimum Gasteiger partial charge on any atom is -0.355 e. The lowest BCUT2D eigenvalue weighted by molar-refractivity contribution is 0.102. The van der Waals surface area contributed by atoms with Crippen LogP contribution >= 0.6 is 0 Å². The van der Waals surface area contributed by atoms with Gasteiger partial charge in [-0.1, -0.05) is 12.1 Å². The van der Waals surface area contributed by atoms with Gasteiger partial charge in [-0.15, -0.1) is 0 Å². The predicted octanol–water partition coefficient (Wildman–Crippen LogP) is 7.63. The molecule has 2 atom stereocenters. The summed E-state index contributed by atoms with van der Waals surface area (Å²) >= 11 is 0. The maximum atomic E-state index is 12.9. The zero-order chi connectivity index (χ0) is 30.2. The second-order valence-corrected chi connectivity index (χ2v) is 11.8. The molecule has 7 rings (SSSR count). The predicted molar refractivity (Wildman–Crippen MR) is 178 cm³/mol. The van der Waals surface area contributed by atoms with Gasteiger partial charge in [-0.3, -0.25) is 19.7 Å². The van der Waals surface area contributed by atoms with E-state index in [0.717, 1.165) is 51.5 Å². The minimum absolute atomic E-state index is 0.266. The lowest BCUT2D eigenvalue weighted by atomic mass is 9.94. The molecule has 5 aromatic rings. The van der Waals surface area contributed by atoms with Crippen LogP contribution < -0.4 is 16.0 Å². The van der Waals surface area contributed by atoms with Crippen molar-refractivity contribution in [3.63, 3.8) is 0 Å². The molecule has 0 unspecified atom stereocenters. The molecule has 1 fully saturated rings. The summed E-state index contributed by atoms with van der Waals surface area (Å²) in [6.07, 6.45) is 9.50. The van der Waals surface area contributed by atoms with E-state index in [2.05, 4.69) is 68.2 Å². The number of amides is 1. The van der Waals surface area contributed by atoms with Crippen LogP contribution in [0.1, 0.15) is 46.7 Å². The number of benzene rings is 2. The Bertz CT molecular complexity index is 1880. The topological polar surface area (TPSA) is 95.1 Å². The average Bonchev–Trinajstić information content (AvgIpc) is 3.21. The third-order valence-electron chi connectivity index (χ3n) is 8.65. The standard InChI is InChI=1S/C36H35N7O/c1-22-16-28(14-15-37-22)40-26-5-7-27(8-6-26)42-36(44)34-13-9-29(21-38-34)41-35-17-23(2)39-33-12-4-24(20-32(33)35)25-18-30-10-11-31(19-25)43(30)3/h4-9,12-18,20-21,30-31H,10-11,19H2,1-3H3,(H,37,40)(H,39,41)(H,42,44)/t30-,31+/m0/s1. The van der Waals surface area contributed by atoms with Crippen LogP contribution in [0.15, 0.2) is 91.3 Å². The van der Waals surface area contributed by atoms with Crippen LogP contribution in [0.5, 0.6) is 0 Å². The number of likely N-dealkylation sites (N-methyl/N-ethyl adjacent to an activating group) is 1. The number of hydrogen-bond donors (Lipinski definition) is 3. The molecule has 0 radical (unpaired) electrons. The zero-order valence-electron chi connectivity index (χ0n) is 25.1. The van der Waals surface area contributed by atoms with Gasteiger partial charge in [0, 0.05) is 57.8 Å².